The fourth-order valence-electron chi connectivity index (χ4n) is 2.68. The Morgan fingerprint density at radius 3 is 3.04 bits per heavy atom. The van der Waals surface area contributed by atoms with Crippen LogP contribution in [0.4, 0.5) is 19.4 Å². The molecule has 128 valence electrons. The molecule has 8 heteroatoms. The maximum Gasteiger partial charge on any atom is 0.323 e. The van der Waals surface area contributed by atoms with Crippen LogP contribution in [-0.4, -0.2) is 35.5 Å². The molecule has 1 N–H and O–H groups in total. The highest BCUT2D eigenvalue weighted by Crippen LogP contribution is 2.32. The number of nitrogens with zero attached hydrogens (tertiary/aromatic N) is 2. The number of alkyl halides is 2. The van der Waals surface area contributed by atoms with E-state index >= 15 is 0 Å². The molecule has 1 aliphatic rings. The number of furan rings is 1. The highest BCUT2D eigenvalue weighted by molar-refractivity contribution is 5.88. The summed E-state index contributed by atoms with van der Waals surface area (Å²) in [5.74, 6) is 1.03. The highest BCUT2D eigenvalue weighted by Gasteiger charge is 2.31. The van der Waals surface area contributed by atoms with Gasteiger partial charge in [0.15, 0.2) is 6.61 Å². The van der Waals surface area contributed by atoms with E-state index in [-0.39, 0.29) is 23.8 Å². The van der Waals surface area contributed by atoms with Crippen molar-refractivity contribution in [3.63, 3.8) is 0 Å². The molecular formula is C16H17F2N3O3. The monoisotopic (exact) mass is 337 g/mol. The summed E-state index contributed by atoms with van der Waals surface area (Å²) in [5.41, 5.74) is 0. The van der Waals surface area contributed by atoms with Crippen molar-refractivity contribution < 1.29 is 22.7 Å². The molecule has 1 aliphatic heterocycles. The van der Waals surface area contributed by atoms with Crippen molar-refractivity contribution in [2.24, 2.45) is 0 Å². The van der Waals surface area contributed by atoms with E-state index in [2.05, 4.69) is 10.3 Å². The van der Waals surface area contributed by atoms with Crippen LogP contribution in [0.3, 0.4) is 0 Å². The quantitative estimate of drug-likeness (QED) is 0.903. The molecule has 24 heavy (non-hydrogen) atoms. The van der Waals surface area contributed by atoms with Crippen LogP contribution in [0.25, 0.3) is 0 Å². The fraction of sp³-hybridized carbons (Fsp3) is 0.375. The number of amides is 2. The third-order valence-corrected chi connectivity index (χ3v) is 3.70. The Bertz CT molecular complexity index is 679. The molecule has 3 heterocycles. The van der Waals surface area contributed by atoms with Gasteiger partial charge in [0.2, 0.25) is 5.88 Å². The third-order valence-electron chi connectivity index (χ3n) is 3.70. The third kappa shape index (κ3) is 3.81. The molecule has 0 spiro atoms. The number of aromatic nitrogens is 1. The number of hydrogen-bond acceptors (Lipinski definition) is 4. The lowest BCUT2D eigenvalue weighted by Gasteiger charge is -2.23. The van der Waals surface area contributed by atoms with E-state index in [9.17, 15) is 13.6 Å². The SMILES string of the molecule is O=C(Nc1cccc(OCC(F)F)n1)N1CCCC1c1ccco1. The van der Waals surface area contributed by atoms with E-state index in [1.165, 1.54) is 6.07 Å². The van der Waals surface area contributed by atoms with Gasteiger partial charge in [-0.05, 0) is 31.0 Å². The van der Waals surface area contributed by atoms with Crippen LogP contribution in [0.15, 0.2) is 41.0 Å². The first kappa shape index (κ1) is 16.2. The van der Waals surface area contributed by atoms with Gasteiger partial charge in [-0.3, -0.25) is 5.32 Å². The highest BCUT2D eigenvalue weighted by atomic mass is 19.3. The zero-order valence-corrected chi connectivity index (χ0v) is 12.8. The summed E-state index contributed by atoms with van der Waals surface area (Å²) in [6.45, 7) is -0.129. The maximum absolute atomic E-state index is 12.5. The van der Waals surface area contributed by atoms with Gasteiger partial charge in [0.1, 0.15) is 11.6 Å². The van der Waals surface area contributed by atoms with E-state index in [0.29, 0.717) is 6.54 Å². The molecule has 1 unspecified atom stereocenters. The van der Waals surface area contributed by atoms with E-state index in [1.54, 1.807) is 29.4 Å². The number of anilines is 1. The van der Waals surface area contributed by atoms with Crippen LogP contribution >= 0.6 is 0 Å². The summed E-state index contributed by atoms with van der Waals surface area (Å²) in [5, 5.41) is 2.67. The minimum Gasteiger partial charge on any atom is -0.472 e. The second-order valence-electron chi connectivity index (χ2n) is 5.36. The molecule has 1 atom stereocenters. The minimum absolute atomic E-state index is 0.0390. The summed E-state index contributed by atoms with van der Waals surface area (Å²) in [6.07, 6.45) is 0.703. The van der Waals surface area contributed by atoms with Crippen LogP contribution < -0.4 is 10.1 Å². The van der Waals surface area contributed by atoms with Crippen molar-refractivity contribution in [3.8, 4) is 5.88 Å². The normalized spacial score (nSPS) is 17.3. The van der Waals surface area contributed by atoms with E-state index < -0.39 is 13.0 Å². The zero-order valence-electron chi connectivity index (χ0n) is 12.8. The number of urea groups is 1. The first-order valence-corrected chi connectivity index (χ1v) is 7.62. The smallest absolute Gasteiger partial charge is 0.323 e. The van der Waals surface area contributed by atoms with Crippen LogP contribution in [0.2, 0.25) is 0 Å². The Kier molecular flexibility index (Phi) is 4.93. The lowest BCUT2D eigenvalue weighted by molar-refractivity contribution is 0.0796. The van der Waals surface area contributed by atoms with Crippen LogP contribution in [0.1, 0.15) is 24.6 Å². The topological polar surface area (TPSA) is 67.6 Å². The van der Waals surface area contributed by atoms with Gasteiger partial charge < -0.3 is 14.1 Å². The molecule has 1 saturated heterocycles. The summed E-state index contributed by atoms with van der Waals surface area (Å²) in [7, 11) is 0. The zero-order chi connectivity index (χ0) is 16.9. The molecule has 2 aromatic heterocycles. The minimum atomic E-state index is -2.58. The second-order valence-corrected chi connectivity index (χ2v) is 5.36. The fourth-order valence-corrected chi connectivity index (χ4v) is 2.68. The number of ether oxygens (including phenoxy) is 1. The van der Waals surface area contributed by atoms with Crippen molar-refractivity contribution in [2.75, 3.05) is 18.5 Å². The molecule has 0 aliphatic carbocycles. The number of halogens is 2. The summed E-state index contributed by atoms with van der Waals surface area (Å²) in [4.78, 5) is 18.2. The number of pyridine rings is 1. The van der Waals surface area contributed by atoms with Crippen LogP contribution in [-0.2, 0) is 0 Å². The molecule has 6 nitrogen and oxygen atoms in total. The number of rotatable bonds is 5. The Hall–Kier alpha value is -2.64. The molecule has 2 aromatic rings. The number of hydrogen-bond donors (Lipinski definition) is 1. The molecule has 0 saturated carbocycles. The average molecular weight is 337 g/mol. The van der Waals surface area contributed by atoms with Crippen LogP contribution in [0, 0.1) is 0 Å². The largest absolute Gasteiger partial charge is 0.472 e. The lowest BCUT2D eigenvalue weighted by Crippen LogP contribution is -2.34. The number of likely N-dealkylation sites (tertiary alicyclic amines) is 1. The maximum atomic E-state index is 12.5. The van der Waals surface area contributed by atoms with E-state index in [0.717, 1.165) is 18.6 Å². The predicted octanol–water partition coefficient (Wildman–Crippen LogP) is 3.69. The van der Waals surface area contributed by atoms with Crippen LogP contribution in [0.5, 0.6) is 5.88 Å². The lowest BCUT2D eigenvalue weighted by atomic mass is 10.2. The van der Waals surface area contributed by atoms with Crippen molar-refractivity contribution in [1.29, 1.82) is 0 Å². The molecule has 1 fully saturated rings. The second kappa shape index (κ2) is 7.29. The number of nitrogens with one attached hydrogen (secondary N) is 1. The van der Waals surface area contributed by atoms with Gasteiger partial charge in [-0.25, -0.2) is 13.6 Å². The summed E-state index contributed by atoms with van der Waals surface area (Å²) >= 11 is 0. The molecular weight excluding hydrogens is 320 g/mol. The predicted molar refractivity (Wildman–Crippen MR) is 82.1 cm³/mol. The summed E-state index contributed by atoms with van der Waals surface area (Å²) < 4.78 is 34.6. The summed E-state index contributed by atoms with van der Waals surface area (Å²) in [6, 6.07) is 7.82. The van der Waals surface area contributed by atoms with Gasteiger partial charge in [-0.2, -0.15) is 4.98 Å². The van der Waals surface area contributed by atoms with Crippen molar-refractivity contribution >= 4 is 11.8 Å². The van der Waals surface area contributed by atoms with E-state index in [4.69, 9.17) is 9.15 Å². The standard InChI is InChI=1S/C16H17F2N3O3/c17-13(18)10-24-15-7-1-6-14(19-15)20-16(22)21-8-2-4-11(21)12-5-3-9-23-12/h1,3,5-7,9,11,13H,2,4,8,10H2,(H,19,20,22). The Labute approximate surface area is 137 Å². The Morgan fingerprint density at radius 2 is 2.29 bits per heavy atom. The first-order valence-electron chi connectivity index (χ1n) is 7.62. The van der Waals surface area contributed by atoms with Crippen molar-refractivity contribution in [1.82, 2.24) is 9.88 Å². The van der Waals surface area contributed by atoms with Gasteiger partial charge >= 0.3 is 6.03 Å². The van der Waals surface area contributed by atoms with E-state index in [1.807, 2.05) is 6.07 Å². The average Bonchev–Trinajstić information content (AvgIpc) is 3.23. The van der Waals surface area contributed by atoms with Gasteiger partial charge in [-0.1, -0.05) is 6.07 Å². The van der Waals surface area contributed by atoms with Crippen molar-refractivity contribution in [2.45, 2.75) is 25.3 Å². The Morgan fingerprint density at radius 1 is 1.42 bits per heavy atom. The first-order chi connectivity index (χ1) is 11.6. The van der Waals surface area contributed by atoms with Gasteiger partial charge in [-0.15, -0.1) is 0 Å². The Balaban J connectivity index is 1.65. The number of carbonyl (C=O) groups is 1. The molecule has 0 radical (unpaired) electrons. The molecule has 2 amide bonds. The van der Waals surface area contributed by atoms with Gasteiger partial charge in [0.25, 0.3) is 6.43 Å². The molecule has 0 bridgehead atoms. The van der Waals surface area contributed by atoms with Gasteiger partial charge in [0.05, 0.1) is 12.3 Å². The molecule has 3 rings (SSSR count). The van der Waals surface area contributed by atoms with Crippen molar-refractivity contribution in [3.05, 3.63) is 42.4 Å². The van der Waals surface area contributed by atoms with Gasteiger partial charge in [0, 0.05) is 12.6 Å². The molecule has 0 aromatic carbocycles. The number of carbonyl (C=O) groups excluding carboxylic acids is 1.